The van der Waals surface area contributed by atoms with Gasteiger partial charge in [-0.1, -0.05) is 133 Å². The molecular formula is C43H27N5S. The molecule has 3 heterocycles. The van der Waals surface area contributed by atoms with Crippen LogP contribution in [0.3, 0.4) is 0 Å². The molecule has 0 aliphatic carbocycles. The van der Waals surface area contributed by atoms with Crippen LogP contribution in [0.25, 0.3) is 88.2 Å². The van der Waals surface area contributed by atoms with Crippen molar-refractivity contribution in [3.63, 3.8) is 0 Å². The molecule has 0 saturated carbocycles. The van der Waals surface area contributed by atoms with Crippen LogP contribution in [0.1, 0.15) is 0 Å². The molecular weight excluding hydrogens is 619 g/mol. The molecule has 0 aliphatic heterocycles. The Balaban J connectivity index is 1.20. The summed E-state index contributed by atoms with van der Waals surface area (Å²) in [7, 11) is 0. The van der Waals surface area contributed by atoms with E-state index in [0.29, 0.717) is 23.3 Å². The zero-order valence-corrected chi connectivity index (χ0v) is 27.0. The quantitative estimate of drug-likeness (QED) is 0.180. The summed E-state index contributed by atoms with van der Waals surface area (Å²) in [6, 6.07) is 55.7. The summed E-state index contributed by atoms with van der Waals surface area (Å²) in [6.45, 7) is 0. The van der Waals surface area contributed by atoms with Crippen molar-refractivity contribution < 1.29 is 0 Å². The van der Waals surface area contributed by atoms with Gasteiger partial charge in [0.15, 0.2) is 23.3 Å². The highest BCUT2D eigenvalue weighted by Crippen LogP contribution is 2.41. The van der Waals surface area contributed by atoms with Crippen LogP contribution in [0.4, 0.5) is 0 Å². The standard InChI is InChI=1S/C43H27N5S/c1-5-14-28(15-6-1)36-27-37(29-16-7-2-8-17-29)45-42(44-36)32-24-25-38-35(26-32)33-22-13-23-34(39(33)49-38)43-47-40(30-18-9-3-10-19-30)46-41(48-43)31-20-11-4-12-21-31/h1-27H. The van der Waals surface area contributed by atoms with E-state index in [1.54, 1.807) is 11.3 Å². The Labute approximate surface area is 287 Å². The number of rotatable bonds is 6. The molecule has 9 rings (SSSR count). The van der Waals surface area contributed by atoms with Gasteiger partial charge in [-0.25, -0.2) is 24.9 Å². The van der Waals surface area contributed by atoms with Gasteiger partial charge in [0.1, 0.15) is 0 Å². The molecule has 0 radical (unpaired) electrons. The average molecular weight is 646 g/mol. The number of benzene rings is 6. The molecule has 3 aromatic heterocycles. The van der Waals surface area contributed by atoms with Crippen LogP contribution < -0.4 is 0 Å². The fourth-order valence-corrected chi connectivity index (χ4v) is 7.32. The van der Waals surface area contributed by atoms with E-state index >= 15 is 0 Å². The summed E-state index contributed by atoms with van der Waals surface area (Å²) in [6.07, 6.45) is 0. The van der Waals surface area contributed by atoms with Crippen molar-refractivity contribution in [3.05, 3.63) is 164 Å². The Kier molecular flexibility index (Phi) is 7.26. The maximum Gasteiger partial charge on any atom is 0.165 e. The third-order valence-electron chi connectivity index (χ3n) is 8.56. The first-order valence-electron chi connectivity index (χ1n) is 16.1. The maximum atomic E-state index is 5.08. The van der Waals surface area contributed by atoms with Gasteiger partial charge in [-0.2, -0.15) is 0 Å². The van der Waals surface area contributed by atoms with Crippen molar-refractivity contribution >= 4 is 31.5 Å². The van der Waals surface area contributed by atoms with Gasteiger partial charge in [0, 0.05) is 53.6 Å². The minimum absolute atomic E-state index is 0.648. The average Bonchev–Trinajstić information content (AvgIpc) is 3.57. The first-order valence-corrected chi connectivity index (χ1v) is 16.9. The van der Waals surface area contributed by atoms with Gasteiger partial charge in [-0.3, -0.25) is 0 Å². The summed E-state index contributed by atoms with van der Waals surface area (Å²) < 4.78 is 2.30. The van der Waals surface area contributed by atoms with E-state index in [1.165, 1.54) is 4.70 Å². The van der Waals surface area contributed by atoms with E-state index in [0.717, 1.165) is 60.2 Å². The summed E-state index contributed by atoms with van der Waals surface area (Å²) in [5.41, 5.74) is 7.72. The van der Waals surface area contributed by atoms with Gasteiger partial charge < -0.3 is 0 Å². The minimum atomic E-state index is 0.648. The van der Waals surface area contributed by atoms with Crippen LogP contribution in [-0.2, 0) is 0 Å². The smallest absolute Gasteiger partial charge is 0.165 e. The summed E-state index contributed by atoms with van der Waals surface area (Å²) >= 11 is 1.75. The number of thiophene rings is 1. The molecule has 9 aromatic rings. The minimum Gasteiger partial charge on any atom is -0.228 e. The van der Waals surface area contributed by atoms with Gasteiger partial charge in [-0.15, -0.1) is 11.3 Å². The Morgan fingerprint density at radius 2 is 0.816 bits per heavy atom. The molecule has 49 heavy (non-hydrogen) atoms. The highest BCUT2D eigenvalue weighted by atomic mass is 32.1. The Hall–Kier alpha value is -6.37. The zero-order valence-electron chi connectivity index (χ0n) is 26.2. The molecule has 0 fully saturated rings. The number of nitrogens with zero attached hydrogens (tertiary/aromatic N) is 5. The van der Waals surface area contributed by atoms with Crippen molar-refractivity contribution in [1.29, 1.82) is 0 Å². The molecule has 0 N–H and O–H groups in total. The maximum absolute atomic E-state index is 5.08. The predicted octanol–water partition coefficient (Wildman–Crippen LogP) is 11.0. The van der Waals surface area contributed by atoms with Gasteiger partial charge in [-0.05, 0) is 30.3 Å². The lowest BCUT2D eigenvalue weighted by Crippen LogP contribution is -2.00. The number of hydrogen-bond acceptors (Lipinski definition) is 6. The monoisotopic (exact) mass is 645 g/mol. The molecule has 0 spiro atoms. The van der Waals surface area contributed by atoms with E-state index in [4.69, 9.17) is 24.9 Å². The summed E-state index contributed by atoms with van der Waals surface area (Å²) in [5, 5.41) is 2.29. The number of hydrogen-bond donors (Lipinski definition) is 0. The molecule has 5 nitrogen and oxygen atoms in total. The summed E-state index contributed by atoms with van der Waals surface area (Å²) in [5.74, 6) is 2.63. The number of aromatic nitrogens is 5. The Bertz CT molecular complexity index is 2470. The van der Waals surface area contributed by atoms with Crippen LogP contribution in [0.5, 0.6) is 0 Å². The second-order valence-corrected chi connectivity index (χ2v) is 12.8. The van der Waals surface area contributed by atoms with E-state index in [2.05, 4.69) is 66.7 Å². The largest absolute Gasteiger partial charge is 0.228 e. The Morgan fingerprint density at radius 3 is 1.37 bits per heavy atom. The highest BCUT2D eigenvalue weighted by Gasteiger charge is 2.18. The fraction of sp³-hybridized carbons (Fsp3) is 0. The molecule has 0 unspecified atom stereocenters. The molecule has 0 bridgehead atoms. The van der Waals surface area contributed by atoms with Crippen molar-refractivity contribution in [1.82, 2.24) is 24.9 Å². The molecule has 0 aliphatic rings. The van der Waals surface area contributed by atoms with Crippen LogP contribution in [0.15, 0.2) is 164 Å². The SMILES string of the molecule is c1ccc(-c2cc(-c3ccccc3)nc(-c3ccc4sc5c(-c6nc(-c7ccccc7)nc(-c7ccccc7)n6)cccc5c4c3)n2)cc1. The molecule has 0 saturated heterocycles. The van der Waals surface area contributed by atoms with Crippen LogP contribution in [0.2, 0.25) is 0 Å². The lowest BCUT2D eigenvalue weighted by Gasteiger charge is -2.10. The lowest BCUT2D eigenvalue weighted by molar-refractivity contribution is 1.08. The van der Waals surface area contributed by atoms with Crippen molar-refractivity contribution in [2.75, 3.05) is 0 Å². The third kappa shape index (κ3) is 5.54. The third-order valence-corrected chi connectivity index (χ3v) is 9.78. The van der Waals surface area contributed by atoms with Crippen LogP contribution in [0, 0.1) is 0 Å². The van der Waals surface area contributed by atoms with E-state index < -0.39 is 0 Å². The van der Waals surface area contributed by atoms with Crippen molar-refractivity contribution in [2.24, 2.45) is 0 Å². The lowest BCUT2D eigenvalue weighted by atomic mass is 10.0. The first kappa shape index (κ1) is 28.8. The second-order valence-electron chi connectivity index (χ2n) is 11.7. The van der Waals surface area contributed by atoms with Gasteiger partial charge >= 0.3 is 0 Å². The zero-order chi connectivity index (χ0) is 32.6. The van der Waals surface area contributed by atoms with Crippen LogP contribution in [-0.4, -0.2) is 24.9 Å². The van der Waals surface area contributed by atoms with Gasteiger partial charge in [0.25, 0.3) is 0 Å². The predicted molar refractivity (Wildman–Crippen MR) is 201 cm³/mol. The normalized spacial score (nSPS) is 11.3. The fourth-order valence-electron chi connectivity index (χ4n) is 6.13. The van der Waals surface area contributed by atoms with Crippen LogP contribution >= 0.6 is 11.3 Å². The molecule has 0 amide bonds. The molecule has 6 aromatic carbocycles. The van der Waals surface area contributed by atoms with E-state index in [-0.39, 0.29) is 0 Å². The van der Waals surface area contributed by atoms with Crippen molar-refractivity contribution in [2.45, 2.75) is 0 Å². The second kappa shape index (κ2) is 12.3. The first-order chi connectivity index (χ1) is 24.3. The number of fused-ring (bicyclic) bond motifs is 3. The summed E-state index contributed by atoms with van der Waals surface area (Å²) in [4.78, 5) is 25.1. The molecule has 230 valence electrons. The molecule has 0 atom stereocenters. The van der Waals surface area contributed by atoms with Crippen molar-refractivity contribution in [3.8, 4) is 68.1 Å². The van der Waals surface area contributed by atoms with Gasteiger partial charge in [0.05, 0.1) is 11.4 Å². The van der Waals surface area contributed by atoms with E-state index in [1.807, 2.05) is 97.1 Å². The topological polar surface area (TPSA) is 64.5 Å². The van der Waals surface area contributed by atoms with E-state index in [9.17, 15) is 0 Å². The highest BCUT2D eigenvalue weighted by molar-refractivity contribution is 7.26. The Morgan fingerprint density at radius 1 is 0.327 bits per heavy atom. The van der Waals surface area contributed by atoms with Gasteiger partial charge in [0.2, 0.25) is 0 Å². The molecule has 6 heteroatoms.